The Balaban J connectivity index is -0.000000000833. The summed E-state index contributed by atoms with van der Waals surface area (Å²) < 4.78 is 0. The van der Waals surface area contributed by atoms with E-state index in [0.29, 0.717) is 0 Å². The van der Waals surface area contributed by atoms with Gasteiger partial charge in [0, 0.05) is 24.2 Å². The fourth-order valence-electron chi connectivity index (χ4n) is 0. The standard InChI is InChI=1S/CH4O.3ClH.Fe/c1-2;;;;/h2H,1H3;3*1H;. The molecule has 0 rings (SSSR count). The molecule has 0 heterocycles. The molecule has 0 bridgehead atoms. The monoisotopic (exact) mass is 196 g/mol. The molecule has 0 unspecified atom stereocenters. The van der Waals surface area contributed by atoms with E-state index in [1.165, 1.54) is 0 Å². The minimum atomic E-state index is 0. The summed E-state index contributed by atoms with van der Waals surface area (Å²) in [4.78, 5) is 0. The minimum absolute atomic E-state index is 0. The van der Waals surface area contributed by atoms with Crippen molar-refractivity contribution < 1.29 is 22.2 Å². The Hall–Kier alpha value is 1.35. The van der Waals surface area contributed by atoms with Crippen molar-refractivity contribution in [1.29, 1.82) is 0 Å². The molecule has 0 aromatic heterocycles. The van der Waals surface area contributed by atoms with Crippen LogP contribution in [0.1, 0.15) is 0 Å². The number of hydrogen-bond donors (Lipinski definition) is 1. The molecular weight excluding hydrogens is 190 g/mol. The largest absolute Gasteiger partial charge is 0.400 e. The summed E-state index contributed by atoms with van der Waals surface area (Å²) in [6.07, 6.45) is 0. The average Bonchev–Trinajstić information content (AvgIpc) is 1.00. The first-order chi connectivity index (χ1) is 1.00. The smallest absolute Gasteiger partial charge is 0.0319 e. The van der Waals surface area contributed by atoms with E-state index < -0.39 is 0 Å². The molecule has 1 N–H and O–H groups in total. The van der Waals surface area contributed by atoms with E-state index >= 15 is 0 Å². The molecule has 0 aromatic rings. The maximum atomic E-state index is 7.00. The fraction of sp³-hybridized carbons (Fsp3) is 1.00. The van der Waals surface area contributed by atoms with Gasteiger partial charge in [-0.2, -0.15) is 0 Å². The molecule has 0 aliphatic rings. The molecule has 46 valence electrons. The van der Waals surface area contributed by atoms with Crippen molar-refractivity contribution in [3.05, 3.63) is 0 Å². The molecule has 0 fully saturated rings. The maximum Gasteiger partial charge on any atom is 0.0319 e. The van der Waals surface area contributed by atoms with Crippen molar-refractivity contribution in [3.8, 4) is 0 Å². The first kappa shape index (κ1) is 53.7. The third-order valence-corrected chi connectivity index (χ3v) is 0. The van der Waals surface area contributed by atoms with Gasteiger partial charge in [0.2, 0.25) is 0 Å². The van der Waals surface area contributed by atoms with Gasteiger partial charge in [-0.15, -0.1) is 37.2 Å². The summed E-state index contributed by atoms with van der Waals surface area (Å²) >= 11 is 0. The minimum Gasteiger partial charge on any atom is -0.400 e. The van der Waals surface area contributed by atoms with Gasteiger partial charge in [-0.05, 0) is 0 Å². The number of hydrogen-bond acceptors (Lipinski definition) is 1. The molecule has 5 heteroatoms. The van der Waals surface area contributed by atoms with Crippen LogP contribution >= 0.6 is 37.2 Å². The van der Waals surface area contributed by atoms with E-state index in [1.54, 1.807) is 0 Å². The van der Waals surface area contributed by atoms with E-state index in [2.05, 4.69) is 0 Å². The van der Waals surface area contributed by atoms with Crippen LogP contribution in [0, 0.1) is 0 Å². The Morgan fingerprint density at radius 2 is 0.833 bits per heavy atom. The van der Waals surface area contributed by atoms with Crippen molar-refractivity contribution in [2.75, 3.05) is 7.11 Å². The van der Waals surface area contributed by atoms with Crippen molar-refractivity contribution in [1.82, 2.24) is 0 Å². The second kappa shape index (κ2) is 99.8. The molecule has 0 amide bonds. The van der Waals surface area contributed by atoms with Gasteiger partial charge in [-0.3, -0.25) is 0 Å². The van der Waals surface area contributed by atoms with Crippen LogP contribution in [0.2, 0.25) is 0 Å². The molecule has 1 nitrogen and oxygen atoms in total. The van der Waals surface area contributed by atoms with Gasteiger partial charge in [0.05, 0.1) is 0 Å². The van der Waals surface area contributed by atoms with Gasteiger partial charge in [-0.1, -0.05) is 0 Å². The Morgan fingerprint density at radius 1 is 0.833 bits per heavy atom. The van der Waals surface area contributed by atoms with Crippen LogP contribution in [0.15, 0.2) is 0 Å². The first-order valence-corrected chi connectivity index (χ1v) is 0.447. The number of halogens is 3. The van der Waals surface area contributed by atoms with Gasteiger partial charge in [0.25, 0.3) is 0 Å². The van der Waals surface area contributed by atoms with Crippen LogP contribution in [0.4, 0.5) is 0 Å². The van der Waals surface area contributed by atoms with E-state index in [1.807, 2.05) is 0 Å². The molecule has 0 spiro atoms. The zero-order valence-electron chi connectivity index (χ0n) is 3.03. The van der Waals surface area contributed by atoms with Crippen LogP contribution in [0.5, 0.6) is 0 Å². The van der Waals surface area contributed by atoms with Crippen LogP contribution in [-0.4, -0.2) is 12.2 Å². The van der Waals surface area contributed by atoms with Gasteiger partial charge in [0.1, 0.15) is 0 Å². The van der Waals surface area contributed by atoms with E-state index in [4.69, 9.17) is 5.11 Å². The quantitative estimate of drug-likeness (QED) is 0.571. The van der Waals surface area contributed by atoms with Gasteiger partial charge >= 0.3 is 0 Å². The molecule has 0 aliphatic carbocycles. The Bertz CT molecular complexity index is 10.8. The average molecular weight is 197 g/mol. The molecule has 0 aliphatic heterocycles. The fourth-order valence-corrected chi connectivity index (χ4v) is 0. The second-order valence-corrected chi connectivity index (χ2v) is 0. The third-order valence-electron chi connectivity index (χ3n) is 0. The Morgan fingerprint density at radius 3 is 0.833 bits per heavy atom. The predicted molar refractivity (Wildman–Crippen MR) is 29.9 cm³/mol. The van der Waals surface area contributed by atoms with Crippen molar-refractivity contribution >= 4 is 37.2 Å². The van der Waals surface area contributed by atoms with Crippen molar-refractivity contribution in [2.45, 2.75) is 0 Å². The number of aliphatic hydroxyl groups excluding tert-OH is 1. The van der Waals surface area contributed by atoms with Crippen LogP contribution in [0.3, 0.4) is 0 Å². The molecule has 0 saturated heterocycles. The first-order valence-electron chi connectivity index (χ1n) is 0.447. The Kier molecular flexibility index (Phi) is 893. The molecule has 0 saturated carbocycles. The van der Waals surface area contributed by atoms with Gasteiger partial charge in [0.15, 0.2) is 0 Å². The summed E-state index contributed by atoms with van der Waals surface area (Å²) in [6.45, 7) is 0. The predicted octanol–water partition coefficient (Wildman–Crippen LogP) is 0.871. The number of rotatable bonds is 0. The molecule has 0 aromatic carbocycles. The SMILES string of the molecule is CO.Cl.Cl.Cl.[Fe]. The van der Waals surface area contributed by atoms with Crippen molar-refractivity contribution in [2.24, 2.45) is 0 Å². The van der Waals surface area contributed by atoms with Crippen LogP contribution < -0.4 is 0 Å². The van der Waals surface area contributed by atoms with Crippen molar-refractivity contribution in [3.63, 3.8) is 0 Å². The molecule has 0 atom stereocenters. The molecule has 0 radical (unpaired) electrons. The molecular formula is CH7Cl3FeO. The zero-order chi connectivity index (χ0) is 2.00. The summed E-state index contributed by atoms with van der Waals surface area (Å²) in [6, 6.07) is 0. The van der Waals surface area contributed by atoms with Gasteiger partial charge in [-0.25, -0.2) is 0 Å². The number of aliphatic hydroxyl groups is 1. The van der Waals surface area contributed by atoms with Gasteiger partial charge < -0.3 is 5.11 Å². The summed E-state index contributed by atoms with van der Waals surface area (Å²) in [5.41, 5.74) is 0. The second-order valence-electron chi connectivity index (χ2n) is 0. The summed E-state index contributed by atoms with van der Waals surface area (Å²) in [5.74, 6) is 0. The maximum absolute atomic E-state index is 7.00. The van der Waals surface area contributed by atoms with E-state index in [-0.39, 0.29) is 54.3 Å². The third kappa shape index (κ3) is 55.6. The van der Waals surface area contributed by atoms with Crippen LogP contribution in [0.25, 0.3) is 0 Å². The topological polar surface area (TPSA) is 20.2 Å². The summed E-state index contributed by atoms with van der Waals surface area (Å²) in [5, 5.41) is 7.00. The van der Waals surface area contributed by atoms with E-state index in [0.717, 1.165) is 7.11 Å². The van der Waals surface area contributed by atoms with Crippen LogP contribution in [-0.2, 0) is 17.1 Å². The molecule has 6 heavy (non-hydrogen) atoms. The normalized spacial score (nSPS) is 1.00. The Labute approximate surface area is 66.6 Å². The zero-order valence-corrected chi connectivity index (χ0v) is 6.58. The van der Waals surface area contributed by atoms with E-state index in [9.17, 15) is 0 Å². The summed E-state index contributed by atoms with van der Waals surface area (Å²) in [7, 11) is 1.00.